The summed E-state index contributed by atoms with van der Waals surface area (Å²) in [6.07, 6.45) is 7.16. The predicted octanol–water partition coefficient (Wildman–Crippen LogP) is 2.67. The van der Waals surface area contributed by atoms with Crippen LogP contribution in [-0.2, 0) is 4.79 Å². The van der Waals surface area contributed by atoms with E-state index in [4.69, 9.17) is 5.73 Å². The first-order valence-corrected chi connectivity index (χ1v) is 7.53. The highest BCUT2D eigenvalue weighted by molar-refractivity contribution is 8.00. The van der Waals surface area contributed by atoms with Gasteiger partial charge >= 0.3 is 0 Å². The molecule has 1 heterocycles. The minimum absolute atomic E-state index is 0.164. The van der Waals surface area contributed by atoms with E-state index in [0.717, 1.165) is 30.7 Å². The molecule has 0 radical (unpaired) electrons. The molecule has 4 nitrogen and oxygen atoms in total. The quantitative estimate of drug-likeness (QED) is 0.841. The number of pyridine rings is 1. The molecule has 0 bridgehead atoms. The average molecular weight is 277 g/mol. The summed E-state index contributed by atoms with van der Waals surface area (Å²) >= 11 is 1.50. The number of carbonyl (C=O) groups excluding carboxylic acids is 1. The van der Waals surface area contributed by atoms with Gasteiger partial charge < -0.3 is 10.6 Å². The van der Waals surface area contributed by atoms with Crippen LogP contribution in [0, 0.1) is 0 Å². The number of hydrogen-bond acceptors (Lipinski definition) is 4. The molecule has 1 amide bonds. The maximum absolute atomic E-state index is 12.2. The Balaban J connectivity index is 1.90. The van der Waals surface area contributed by atoms with E-state index in [1.54, 1.807) is 12.3 Å². The van der Waals surface area contributed by atoms with Gasteiger partial charge in [0.1, 0.15) is 5.82 Å². The van der Waals surface area contributed by atoms with E-state index in [-0.39, 0.29) is 5.91 Å². The van der Waals surface area contributed by atoms with Crippen molar-refractivity contribution in [3.63, 3.8) is 0 Å². The standard InChI is InChI=1S/C14H19N3OS/c1-2-17(11-5-3-4-6-11)14(18)10-19-12-7-8-13(15)16-9-12/h5,7-9H,2-4,6,10H2,1H3,(H2,15,16). The molecule has 1 aromatic heterocycles. The highest BCUT2D eigenvalue weighted by Crippen LogP contribution is 2.24. The van der Waals surface area contributed by atoms with Gasteiger partial charge in [-0.05, 0) is 38.3 Å². The zero-order chi connectivity index (χ0) is 13.7. The Bertz CT molecular complexity index is 470. The van der Waals surface area contributed by atoms with Crippen LogP contribution >= 0.6 is 11.8 Å². The van der Waals surface area contributed by atoms with Crippen LogP contribution in [-0.4, -0.2) is 28.1 Å². The SMILES string of the molecule is CCN(C(=O)CSc1ccc(N)nc1)C1=CCCC1. The fourth-order valence-electron chi connectivity index (χ4n) is 2.14. The summed E-state index contributed by atoms with van der Waals surface area (Å²) in [6, 6.07) is 3.65. The summed E-state index contributed by atoms with van der Waals surface area (Å²) in [5.41, 5.74) is 6.72. The normalized spacial score (nSPS) is 14.3. The van der Waals surface area contributed by atoms with Crippen LogP contribution in [0.1, 0.15) is 26.2 Å². The van der Waals surface area contributed by atoms with E-state index < -0.39 is 0 Å². The lowest BCUT2D eigenvalue weighted by atomic mass is 10.3. The number of nitrogens with zero attached hydrogens (tertiary/aromatic N) is 2. The lowest BCUT2D eigenvalue weighted by Gasteiger charge is -2.22. The Kier molecular flexibility index (Phi) is 4.85. The van der Waals surface area contributed by atoms with Crippen molar-refractivity contribution in [1.29, 1.82) is 0 Å². The summed E-state index contributed by atoms with van der Waals surface area (Å²) in [4.78, 5) is 19.1. The molecule has 102 valence electrons. The number of amides is 1. The first-order valence-electron chi connectivity index (χ1n) is 6.54. The van der Waals surface area contributed by atoms with Crippen LogP contribution in [0.5, 0.6) is 0 Å². The third kappa shape index (κ3) is 3.73. The Morgan fingerprint density at radius 3 is 2.95 bits per heavy atom. The minimum atomic E-state index is 0.164. The van der Waals surface area contributed by atoms with Crippen molar-refractivity contribution in [1.82, 2.24) is 9.88 Å². The number of thioether (sulfide) groups is 1. The number of allylic oxidation sites excluding steroid dienone is 2. The highest BCUT2D eigenvalue weighted by Gasteiger charge is 2.18. The molecular formula is C14H19N3OS. The van der Waals surface area contributed by atoms with E-state index in [2.05, 4.69) is 11.1 Å². The fraction of sp³-hybridized carbons (Fsp3) is 0.429. The summed E-state index contributed by atoms with van der Waals surface area (Å²) in [7, 11) is 0. The van der Waals surface area contributed by atoms with E-state index in [1.807, 2.05) is 17.9 Å². The van der Waals surface area contributed by atoms with E-state index >= 15 is 0 Å². The molecule has 0 atom stereocenters. The van der Waals surface area contributed by atoms with Gasteiger partial charge in [-0.1, -0.05) is 6.08 Å². The zero-order valence-electron chi connectivity index (χ0n) is 11.1. The Hall–Kier alpha value is -1.49. The Morgan fingerprint density at radius 1 is 1.53 bits per heavy atom. The molecule has 0 saturated carbocycles. The van der Waals surface area contributed by atoms with E-state index in [1.165, 1.54) is 17.5 Å². The second kappa shape index (κ2) is 6.61. The molecule has 0 unspecified atom stereocenters. The maximum atomic E-state index is 12.2. The molecule has 2 rings (SSSR count). The number of anilines is 1. The second-order valence-corrected chi connectivity index (χ2v) is 5.48. The highest BCUT2D eigenvalue weighted by atomic mass is 32.2. The summed E-state index contributed by atoms with van der Waals surface area (Å²) in [5, 5.41) is 0. The van der Waals surface area contributed by atoms with Crippen LogP contribution in [0.2, 0.25) is 0 Å². The predicted molar refractivity (Wildman–Crippen MR) is 78.7 cm³/mol. The number of rotatable bonds is 5. The van der Waals surface area contributed by atoms with Gasteiger partial charge in [-0.15, -0.1) is 11.8 Å². The van der Waals surface area contributed by atoms with Gasteiger partial charge in [0.2, 0.25) is 5.91 Å². The van der Waals surface area contributed by atoms with Crippen molar-refractivity contribution in [2.24, 2.45) is 0 Å². The van der Waals surface area contributed by atoms with Gasteiger partial charge in [0.05, 0.1) is 5.75 Å². The molecule has 2 N–H and O–H groups in total. The van der Waals surface area contributed by atoms with Gasteiger partial charge in [0.15, 0.2) is 0 Å². The van der Waals surface area contributed by atoms with Gasteiger partial charge in [-0.2, -0.15) is 0 Å². The van der Waals surface area contributed by atoms with Crippen molar-refractivity contribution in [3.8, 4) is 0 Å². The average Bonchev–Trinajstić information content (AvgIpc) is 2.93. The van der Waals surface area contributed by atoms with Crippen molar-refractivity contribution < 1.29 is 4.79 Å². The molecule has 1 aromatic rings. The molecular weight excluding hydrogens is 258 g/mol. The lowest BCUT2D eigenvalue weighted by Crippen LogP contribution is -2.31. The van der Waals surface area contributed by atoms with Gasteiger partial charge in [-0.25, -0.2) is 4.98 Å². The number of nitrogens with two attached hydrogens (primary N) is 1. The number of nitrogen functional groups attached to an aromatic ring is 1. The van der Waals surface area contributed by atoms with Gasteiger partial charge in [-0.3, -0.25) is 4.79 Å². The Morgan fingerprint density at radius 2 is 2.37 bits per heavy atom. The topological polar surface area (TPSA) is 59.2 Å². The molecule has 19 heavy (non-hydrogen) atoms. The molecule has 0 saturated heterocycles. The largest absolute Gasteiger partial charge is 0.384 e. The third-order valence-corrected chi connectivity index (χ3v) is 4.07. The van der Waals surface area contributed by atoms with Crippen LogP contribution in [0.15, 0.2) is 35.0 Å². The van der Waals surface area contributed by atoms with Crippen molar-refractivity contribution in [2.45, 2.75) is 31.1 Å². The summed E-state index contributed by atoms with van der Waals surface area (Å²) < 4.78 is 0. The maximum Gasteiger partial charge on any atom is 0.237 e. The van der Waals surface area contributed by atoms with Gasteiger partial charge in [0, 0.05) is 23.3 Å². The lowest BCUT2D eigenvalue weighted by molar-refractivity contribution is -0.126. The van der Waals surface area contributed by atoms with Crippen molar-refractivity contribution >= 4 is 23.5 Å². The van der Waals surface area contributed by atoms with Gasteiger partial charge in [0.25, 0.3) is 0 Å². The summed E-state index contributed by atoms with van der Waals surface area (Å²) in [5.74, 6) is 1.11. The van der Waals surface area contributed by atoms with Crippen LogP contribution in [0.3, 0.4) is 0 Å². The first kappa shape index (κ1) is 13.9. The molecule has 0 aromatic carbocycles. The van der Waals surface area contributed by atoms with E-state index in [9.17, 15) is 4.79 Å². The molecule has 0 aliphatic heterocycles. The monoisotopic (exact) mass is 277 g/mol. The first-order chi connectivity index (χ1) is 9.20. The fourth-order valence-corrected chi connectivity index (χ4v) is 2.88. The molecule has 1 aliphatic rings. The molecule has 5 heteroatoms. The Labute approximate surface area is 118 Å². The van der Waals surface area contributed by atoms with Crippen molar-refractivity contribution in [2.75, 3.05) is 18.0 Å². The number of carbonyl (C=O) groups is 1. The molecule has 0 fully saturated rings. The number of hydrogen-bond donors (Lipinski definition) is 1. The van der Waals surface area contributed by atoms with Crippen molar-refractivity contribution in [3.05, 3.63) is 30.1 Å². The van der Waals surface area contributed by atoms with E-state index in [0.29, 0.717) is 11.6 Å². The van der Waals surface area contributed by atoms with Crippen LogP contribution in [0.25, 0.3) is 0 Å². The van der Waals surface area contributed by atoms with Crippen LogP contribution < -0.4 is 5.73 Å². The summed E-state index contributed by atoms with van der Waals surface area (Å²) in [6.45, 7) is 2.76. The number of aromatic nitrogens is 1. The zero-order valence-corrected chi connectivity index (χ0v) is 11.9. The van der Waals surface area contributed by atoms with Crippen LogP contribution in [0.4, 0.5) is 5.82 Å². The third-order valence-electron chi connectivity index (χ3n) is 3.10. The molecule has 0 spiro atoms. The minimum Gasteiger partial charge on any atom is -0.384 e. The smallest absolute Gasteiger partial charge is 0.237 e. The molecule has 1 aliphatic carbocycles. The second-order valence-electron chi connectivity index (χ2n) is 4.43.